The molecular formula is C10H13N3O2S2. The number of aromatic nitrogens is 1. The van der Waals surface area contributed by atoms with Crippen LogP contribution in [-0.4, -0.2) is 32.0 Å². The predicted molar refractivity (Wildman–Crippen MR) is 72.2 cm³/mol. The summed E-state index contributed by atoms with van der Waals surface area (Å²) in [4.78, 5) is 4.17. The van der Waals surface area contributed by atoms with Gasteiger partial charge in [0.2, 0.25) is 0 Å². The molecule has 0 spiro atoms. The van der Waals surface area contributed by atoms with Crippen LogP contribution in [0.15, 0.2) is 17.6 Å². The van der Waals surface area contributed by atoms with Crippen LogP contribution in [0.2, 0.25) is 0 Å². The summed E-state index contributed by atoms with van der Waals surface area (Å²) in [5.41, 5.74) is 9.74. The lowest BCUT2D eigenvalue weighted by Crippen LogP contribution is -2.14. The van der Waals surface area contributed by atoms with Crippen molar-refractivity contribution in [1.82, 2.24) is 4.98 Å². The number of hydrogen-bond acceptors (Lipinski definition) is 6. The number of nitrogens with two attached hydrogens (primary N) is 1. The lowest BCUT2D eigenvalue weighted by molar-refractivity contribution is 0.602. The average Bonchev–Trinajstić information content (AvgIpc) is 2.68. The van der Waals surface area contributed by atoms with Gasteiger partial charge in [0.05, 0.1) is 27.3 Å². The fourth-order valence-electron chi connectivity index (χ4n) is 1.48. The molecule has 0 aliphatic rings. The van der Waals surface area contributed by atoms with Gasteiger partial charge in [-0.05, 0) is 12.1 Å². The van der Waals surface area contributed by atoms with Crippen LogP contribution in [0.4, 0.5) is 11.4 Å². The van der Waals surface area contributed by atoms with Crippen molar-refractivity contribution in [2.24, 2.45) is 0 Å². The second-order valence-corrected chi connectivity index (χ2v) is 6.93. The maximum Gasteiger partial charge on any atom is 0.149 e. The number of thiazole rings is 1. The van der Waals surface area contributed by atoms with Gasteiger partial charge in [0, 0.05) is 12.8 Å². The van der Waals surface area contributed by atoms with Crippen molar-refractivity contribution in [3.8, 4) is 0 Å². The lowest BCUT2D eigenvalue weighted by Gasteiger charge is -2.08. The maximum absolute atomic E-state index is 11.0. The molecule has 0 bridgehead atoms. The lowest BCUT2D eigenvalue weighted by atomic mass is 10.2. The first-order valence-corrected chi connectivity index (χ1v) is 7.94. The largest absolute Gasteiger partial charge is 0.395 e. The molecule has 7 heteroatoms. The highest BCUT2D eigenvalue weighted by molar-refractivity contribution is 7.90. The highest BCUT2D eigenvalue weighted by atomic mass is 32.2. The monoisotopic (exact) mass is 271 g/mol. The minimum Gasteiger partial charge on any atom is -0.395 e. The topological polar surface area (TPSA) is 85.1 Å². The number of nitrogens with one attached hydrogen (secondary N) is 1. The van der Waals surface area contributed by atoms with Crippen molar-refractivity contribution in [1.29, 1.82) is 0 Å². The van der Waals surface area contributed by atoms with E-state index in [4.69, 9.17) is 5.73 Å². The van der Waals surface area contributed by atoms with E-state index in [9.17, 15) is 8.42 Å². The summed E-state index contributed by atoms with van der Waals surface area (Å²) in [6.07, 6.45) is 1.21. The first kappa shape index (κ1) is 12.1. The summed E-state index contributed by atoms with van der Waals surface area (Å²) < 4.78 is 23.0. The third kappa shape index (κ3) is 2.86. The summed E-state index contributed by atoms with van der Waals surface area (Å²) in [6, 6.07) is 3.77. The average molecular weight is 271 g/mol. The number of hydrogen-bond donors (Lipinski definition) is 2. The first-order valence-electron chi connectivity index (χ1n) is 5.00. The quantitative estimate of drug-likeness (QED) is 0.820. The Hall–Kier alpha value is -1.34. The van der Waals surface area contributed by atoms with E-state index in [2.05, 4.69) is 10.3 Å². The summed E-state index contributed by atoms with van der Waals surface area (Å²) >= 11 is 1.52. The van der Waals surface area contributed by atoms with E-state index < -0.39 is 9.84 Å². The molecule has 1 aromatic heterocycles. The first-order chi connectivity index (χ1) is 7.97. The van der Waals surface area contributed by atoms with Gasteiger partial charge in [-0.25, -0.2) is 13.4 Å². The molecule has 0 unspecified atom stereocenters. The highest BCUT2D eigenvalue weighted by Crippen LogP contribution is 2.29. The van der Waals surface area contributed by atoms with Crippen molar-refractivity contribution in [2.45, 2.75) is 0 Å². The van der Waals surface area contributed by atoms with E-state index in [-0.39, 0.29) is 5.75 Å². The zero-order chi connectivity index (χ0) is 12.5. The van der Waals surface area contributed by atoms with Gasteiger partial charge in [-0.15, -0.1) is 11.3 Å². The van der Waals surface area contributed by atoms with E-state index in [1.54, 1.807) is 5.51 Å². The van der Waals surface area contributed by atoms with Crippen LogP contribution in [0, 0.1) is 0 Å². The summed E-state index contributed by atoms with van der Waals surface area (Å²) in [7, 11) is -2.96. The number of benzene rings is 1. The Kier molecular flexibility index (Phi) is 3.21. The van der Waals surface area contributed by atoms with Gasteiger partial charge in [-0.3, -0.25) is 0 Å². The Balaban J connectivity index is 2.16. The summed E-state index contributed by atoms with van der Waals surface area (Å²) in [5.74, 6) is 0.0849. The highest BCUT2D eigenvalue weighted by Gasteiger charge is 2.07. The minimum atomic E-state index is -2.96. The smallest absolute Gasteiger partial charge is 0.149 e. The van der Waals surface area contributed by atoms with Crippen LogP contribution >= 0.6 is 11.3 Å². The molecule has 3 N–H and O–H groups in total. The van der Waals surface area contributed by atoms with Gasteiger partial charge in [0.15, 0.2) is 0 Å². The molecule has 0 amide bonds. The molecule has 0 aliphatic carbocycles. The molecule has 1 heterocycles. The summed E-state index contributed by atoms with van der Waals surface area (Å²) in [5, 5.41) is 3.01. The Morgan fingerprint density at radius 1 is 1.47 bits per heavy atom. The molecular weight excluding hydrogens is 258 g/mol. The number of anilines is 2. The molecule has 2 rings (SSSR count). The maximum atomic E-state index is 11.0. The molecule has 17 heavy (non-hydrogen) atoms. The summed E-state index contributed by atoms with van der Waals surface area (Å²) in [6.45, 7) is 0.346. The molecule has 0 saturated carbocycles. The van der Waals surface area contributed by atoms with E-state index in [0.29, 0.717) is 12.2 Å². The number of rotatable bonds is 4. The second kappa shape index (κ2) is 4.50. The normalized spacial score (nSPS) is 11.8. The number of nitrogen functional groups attached to an aromatic ring is 1. The van der Waals surface area contributed by atoms with Crippen molar-refractivity contribution >= 4 is 42.8 Å². The fourth-order valence-corrected chi connectivity index (χ4v) is 2.64. The van der Waals surface area contributed by atoms with E-state index >= 15 is 0 Å². The van der Waals surface area contributed by atoms with Crippen LogP contribution in [0.3, 0.4) is 0 Å². The Morgan fingerprint density at radius 2 is 2.24 bits per heavy atom. The van der Waals surface area contributed by atoms with E-state index in [1.807, 2.05) is 12.1 Å². The standard InChI is InChI=1S/C10H13N3O2S2/c1-17(14,15)5-4-12-7-2-3-8-10(9(7)11)13-6-16-8/h2-3,6,12H,4-5,11H2,1H3. The number of sulfone groups is 1. The zero-order valence-electron chi connectivity index (χ0n) is 9.30. The van der Waals surface area contributed by atoms with Crippen LogP contribution in [-0.2, 0) is 9.84 Å². The zero-order valence-corrected chi connectivity index (χ0v) is 10.9. The Labute approximate surface area is 104 Å². The van der Waals surface area contributed by atoms with Gasteiger partial charge >= 0.3 is 0 Å². The van der Waals surface area contributed by atoms with Gasteiger partial charge < -0.3 is 11.1 Å². The molecule has 5 nitrogen and oxygen atoms in total. The van der Waals surface area contributed by atoms with E-state index in [1.165, 1.54) is 17.6 Å². The van der Waals surface area contributed by atoms with Crippen molar-refractivity contribution in [2.75, 3.05) is 29.6 Å². The molecule has 92 valence electrons. The van der Waals surface area contributed by atoms with Crippen molar-refractivity contribution < 1.29 is 8.42 Å². The molecule has 0 radical (unpaired) electrons. The second-order valence-electron chi connectivity index (χ2n) is 3.78. The molecule has 2 aromatic rings. The molecule has 1 aromatic carbocycles. The minimum absolute atomic E-state index is 0.0849. The van der Waals surface area contributed by atoms with Gasteiger partial charge in [-0.1, -0.05) is 0 Å². The van der Waals surface area contributed by atoms with Gasteiger partial charge in [0.1, 0.15) is 15.4 Å². The van der Waals surface area contributed by atoms with Gasteiger partial charge in [-0.2, -0.15) is 0 Å². The molecule has 0 saturated heterocycles. The number of nitrogens with zero attached hydrogens (tertiary/aromatic N) is 1. The third-order valence-corrected chi connectivity index (χ3v) is 4.07. The Morgan fingerprint density at radius 3 is 2.94 bits per heavy atom. The predicted octanol–water partition coefficient (Wildman–Crippen LogP) is 1.33. The molecule has 0 atom stereocenters. The van der Waals surface area contributed by atoms with Gasteiger partial charge in [0.25, 0.3) is 0 Å². The Bertz CT molecular complexity index is 634. The fraction of sp³-hybridized carbons (Fsp3) is 0.300. The van der Waals surface area contributed by atoms with Crippen LogP contribution < -0.4 is 11.1 Å². The van der Waals surface area contributed by atoms with Crippen molar-refractivity contribution in [3.63, 3.8) is 0 Å². The van der Waals surface area contributed by atoms with Crippen molar-refractivity contribution in [3.05, 3.63) is 17.6 Å². The SMILES string of the molecule is CS(=O)(=O)CCNc1ccc2scnc2c1N. The molecule has 0 fully saturated rings. The van der Waals surface area contributed by atoms with Crippen LogP contribution in [0.25, 0.3) is 10.2 Å². The number of fused-ring (bicyclic) bond motifs is 1. The van der Waals surface area contributed by atoms with Crippen LogP contribution in [0.5, 0.6) is 0 Å². The van der Waals surface area contributed by atoms with E-state index in [0.717, 1.165) is 15.9 Å². The van der Waals surface area contributed by atoms with Crippen LogP contribution in [0.1, 0.15) is 0 Å². The molecule has 0 aliphatic heterocycles. The third-order valence-electron chi connectivity index (χ3n) is 2.33.